The Labute approximate surface area is 189 Å². The number of urea groups is 1. The van der Waals surface area contributed by atoms with Gasteiger partial charge in [-0.3, -0.25) is 9.69 Å². The monoisotopic (exact) mass is 436 g/mol. The van der Waals surface area contributed by atoms with Gasteiger partial charge >= 0.3 is 12.0 Å². The van der Waals surface area contributed by atoms with Crippen LogP contribution in [0, 0.1) is 28.6 Å². The Hall–Kier alpha value is -2.63. The van der Waals surface area contributed by atoms with E-state index in [1.54, 1.807) is 23.1 Å². The quantitative estimate of drug-likeness (QED) is 0.657. The number of carboxylic acid groups (broad SMARTS) is 1. The van der Waals surface area contributed by atoms with Crippen molar-refractivity contribution >= 4 is 23.5 Å². The zero-order valence-electron chi connectivity index (χ0n) is 18.9. The number of carbonyl (C=O) groups is 3. The molecule has 1 aliphatic heterocycles. The molecule has 5 atom stereocenters. The Morgan fingerprint density at radius 3 is 2.72 bits per heavy atom. The van der Waals surface area contributed by atoms with Crippen molar-refractivity contribution < 1.29 is 19.5 Å². The molecule has 32 heavy (non-hydrogen) atoms. The van der Waals surface area contributed by atoms with Crippen molar-refractivity contribution in [1.82, 2.24) is 4.90 Å². The van der Waals surface area contributed by atoms with Crippen LogP contribution in [0.3, 0.4) is 0 Å². The highest BCUT2D eigenvalue weighted by atomic mass is 16.4. The molecule has 170 valence electrons. The number of fused-ring (bicyclic) bond motifs is 5. The number of aromatic carboxylic acids is 1. The van der Waals surface area contributed by atoms with E-state index in [2.05, 4.69) is 19.2 Å². The van der Waals surface area contributed by atoms with Gasteiger partial charge in [0.05, 0.1) is 5.56 Å². The molecule has 1 saturated heterocycles. The van der Waals surface area contributed by atoms with Gasteiger partial charge in [0, 0.05) is 35.8 Å². The normalized spacial score (nSPS) is 35.9. The maximum atomic E-state index is 13.5. The number of ketones is 1. The van der Waals surface area contributed by atoms with Gasteiger partial charge < -0.3 is 10.4 Å². The third-order valence-electron chi connectivity index (χ3n) is 9.10. The van der Waals surface area contributed by atoms with Crippen LogP contribution in [-0.2, 0) is 4.79 Å². The predicted octanol–water partition coefficient (Wildman–Crippen LogP) is 5.32. The van der Waals surface area contributed by atoms with Crippen molar-refractivity contribution in [1.29, 1.82) is 0 Å². The summed E-state index contributed by atoms with van der Waals surface area (Å²) in [5, 5.41) is 12.2. The molecular weight excluding hydrogens is 404 g/mol. The van der Waals surface area contributed by atoms with Crippen molar-refractivity contribution in [2.24, 2.45) is 28.6 Å². The molecule has 0 unspecified atom stereocenters. The molecule has 3 fully saturated rings. The SMILES string of the molecule is C[C@@]12CCC[C@H]1[C@@H]1CN(C(=O)Nc3cccc(C(=O)O)c3)C3=CC(=O)CC[C@]3(C)[C@H]1CC2. The van der Waals surface area contributed by atoms with E-state index in [-0.39, 0.29) is 22.8 Å². The smallest absolute Gasteiger partial charge is 0.335 e. The van der Waals surface area contributed by atoms with Gasteiger partial charge in [-0.25, -0.2) is 9.59 Å². The lowest BCUT2D eigenvalue weighted by atomic mass is 9.50. The van der Waals surface area contributed by atoms with E-state index >= 15 is 0 Å². The topological polar surface area (TPSA) is 86.7 Å². The largest absolute Gasteiger partial charge is 0.478 e. The van der Waals surface area contributed by atoms with Crippen molar-refractivity contribution in [2.45, 2.75) is 58.8 Å². The maximum absolute atomic E-state index is 13.5. The van der Waals surface area contributed by atoms with E-state index in [4.69, 9.17) is 0 Å². The summed E-state index contributed by atoms with van der Waals surface area (Å²) in [6.45, 7) is 5.32. The summed E-state index contributed by atoms with van der Waals surface area (Å²) in [5.74, 6) is 0.601. The average Bonchev–Trinajstić information content (AvgIpc) is 3.16. The van der Waals surface area contributed by atoms with Crippen LogP contribution in [0.15, 0.2) is 36.0 Å². The molecule has 5 rings (SSSR count). The van der Waals surface area contributed by atoms with E-state index in [0.29, 0.717) is 41.8 Å². The number of hydrogen-bond acceptors (Lipinski definition) is 3. The first-order valence-electron chi connectivity index (χ1n) is 11.9. The van der Waals surface area contributed by atoms with Gasteiger partial charge in [0.2, 0.25) is 0 Å². The van der Waals surface area contributed by atoms with Gasteiger partial charge in [-0.1, -0.05) is 26.3 Å². The number of nitrogens with one attached hydrogen (secondary N) is 1. The molecule has 4 aliphatic rings. The third-order valence-corrected chi connectivity index (χ3v) is 9.10. The molecular formula is C26H32N2O4. The van der Waals surface area contributed by atoms with Gasteiger partial charge in [-0.05, 0) is 73.5 Å². The summed E-state index contributed by atoms with van der Waals surface area (Å²) in [7, 11) is 0. The summed E-state index contributed by atoms with van der Waals surface area (Å²) in [6, 6.07) is 6.03. The van der Waals surface area contributed by atoms with Crippen LogP contribution >= 0.6 is 0 Å². The molecule has 3 aliphatic carbocycles. The molecule has 0 bridgehead atoms. The Bertz CT molecular complexity index is 1020. The number of amides is 2. The van der Waals surface area contributed by atoms with Crippen molar-refractivity contribution in [3.8, 4) is 0 Å². The molecule has 1 aromatic rings. The number of likely N-dealkylation sites (tertiary alicyclic amines) is 1. The Balaban J connectivity index is 1.49. The van der Waals surface area contributed by atoms with Gasteiger partial charge in [-0.15, -0.1) is 0 Å². The van der Waals surface area contributed by atoms with Crippen LogP contribution in [0.25, 0.3) is 0 Å². The Morgan fingerprint density at radius 1 is 1.12 bits per heavy atom. The van der Waals surface area contributed by atoms with E-state index in [1.807, 2.05) is 0 Å². The number of rotatable bonds is 2. The first kappa shape index (κ1) is 21.2. The van der Waals surface area contributed by atoms with E-state index in [1.165, 1.54) is 37.8 Å². The molecule has 0 spiro atoms. The second-order valence-corrected chi connectivity index (χ2v) is 10.8. The van der Waals surface area contributed by atoms with Crippen LogP contribution in [0.2, 0.25) is 0 Å². The average molecular weight is 437 g/mol. The molecule has 2 N–H and O–H groups in total. The number of carbonyl (C=O) groups excluding carboxylic acids is 2. The number of benzene rings is 1. The van der Waals surface area contributed by atoms with Crippen molar-refractivity contribution in [3.63, 3.8) is 0 Å². The van der Waals surface area contributed by atoms with Crippen LogP contribution in [0.4, 0.5) is 10.5 Å². The van der Waals surface area contributed by atoms with Gasteiger partial charge in [0.15, 0.2) is 5.78 Å². The molecule has 1 aromatic carbocycles. The zero-order valence-corrected chi connectivity index (χ0v) is 18.9. The van der Waals surface area contributed by atoms with Gasteiger partial charge in [-0.2, -0.15) is 0 Å². The highest BCUT2D eigenvalue weighted by Crippen LogP contribution is 2.63. The van der Waals surface area contributed by atoms with Crippen molar-refractivity contribution in [2.75, 3.05) is 11.9 Å². The second kappa shape index (κ2) is 7.46. The second-order valence-electron chi connectivity index (χ2n) is 10.8. The van der Waals surface area contributed by atoms with Gasteiger partial charge in [0.1, 0.15) is 0 Å². The highest BCUT2D eigenvalue weighted by Gasteiger charge is 2.58. The fourth-order valence-corrected chi connectivity index (χ4v) is 7.41. The molecule has 2 amide bonds. The standard InChI is InChI=1S/C26H32N2O4/c1-25-10-4-7-20(25)19-15-28(24(32)27-17-6-3-5-16(13-17)23(30)31)22-14-18(29)8-12-26(22,2)21(19)9-11-25/h3,5-6,13-14,19-21H,4,7-12,15H2,1-2H3,(H,27,32)(H,30,31)/t19-,20-,21-,25-,26+/m0/s1. The molecule has 2 saturated carbocycles. The van der Waals surface area contributed by atoms with Crippen LogP contribution in [0.5, 0.6) is 0 Å². The molecule has 0 aromatic heterocycles. The number of anilines is 1. The highest BCUT2D eigenvalue weighted by molar-refractivity contribution is 5.96. The Morgan fingerprint density at radius 2 is 1.94 bits per heavy atom. The van der Waals surface area contributed by atoms with E-state index in [0.717, 1.165) is 18.5 Å². The van der Waals surface area contributed by atoms with E-state index in [9.17, 15) is 19.5 Å². The van der Waals surface area contributed by atoms with Crippen LogP contribution in [-0.4, -0.2) is 34.3 Å². The van der Waals surface area contributed by atoms with E-state index < -0.39 is 5.97 Å². The minimum absolute atomic E-state index is 0.0862. The Kier molecular flexibility index (Phi) is 4.95. The predicted molar refractivity (Wildman–Crippen MR) is 121 cm³/mol. The third kappa shape index (κ3) is 3.26. The number of allylic oxidation sites excluding steroid dienone is 2. The summed E-state index contributed by atoms with van der Waals surface area (Å²) >= 11 is 0. The molecule has 1 heterocycles. The molecule has 6 heteroatoms. The summed E-state index contributed by atoms with van der Waals surface area (Å²) in [6.07, 6.45) is 9.20. The first-order valence-corrected chi connectivity index (χ1v) is 11.9. The van der Waals surface area contributed by atoms with Crippen LogP contribution < -0.4 is 5.32 Å². The number of piperidine rings is 1. The molecule has 6 nitrogen and oxygen atoms in total. The lowest BCUT2D eigenvalue weighted by molar-refractivity contribution is -0.118. The minimum atomic E-state index is -1.03. The summed E-state index contributed by atoms with van der Waals surface area (Å²) in [4.78, 5) is 39.0. The number of carboxylic acids is 1. The summed E-state index contributed by atoms with van der Waals surface area (Å²) < 4.78 is 0. The maximum Gasteiger partial charge on any atom is 0.335 e. The fraction of sp³-hybridized carbons (Fsp3) is 0.577. The zero-order chi connectivity index (χ0) is 22.7. The first-order chi connectivity index (χ1) is 15.2. The number of hydrogen-bond donors (Lipinski definition) is 2. The van der Waals surface area contributed by atoms with Crippen LogP contribution in [0.1, 0.15) is 69.2 Å². The lowest BCUT2D eigenvalue weighted by Gasteiger charge is -2.59. The lowest BCUT2D eigenvalue weighted by Crippen LogP contribution is -2.59. The number of nitrogens with zero attached hydrogens (tertiary/aromatic N) is 1. The fourth-order valence-electron chi connectivity index (χ4n) is 7.41. The van der Waals surface area contributed by atoms with Crippen molar-refractivity contribution in [3.05, 3.63) is 41.6 Å². The summed E-state index contributed by atoms with van der Waals surface area (Å²) in [5.41, 5.74) is 1.62. The molecule has 0 radical (unpaired) electrons. The van der Waals surface area contributed by atoms with Gasteiger partial charge in [0.25, 0.3) is 0 Å². The minimum Gasteiger partial charge on any atom is -0.478 e.